The third-order valence-electron chi connectivity index (χ3n) is 2.74. The molecule has 1 saturated heterocycles. The maximum Gasteiger partial charge on any atom is 0.215 e. The zero-order chi connectivity index (χ0) is 13.3. The molecule has 1 aliphatic heterocycles. The number of ketones is 1. The zero-order valence-corrected chi connectivity index (χ0v) is 11.6. The van der Waals surface area contributed by atoms with Gasteiger partial charge in [-0.05, 0) is 0 Å². The van der Waals surface area contributed by atoms with Gasteiger partial charge in [-0.25, -0.2) is 21.1 Å². The smallest absolute Gasteiger partial charge is 0.215 e. The van der Waals surface area contributed by atoms with Crippen LogP contribution in [0.4, 0.5) is 0 Å². The molecule has 1 fully saturated rings. The highest BCUT2D eigenvalue weighted by Gasteiger charge is 2.31. The highest BCUT2D eigenvalue weighted by atomic mass is 32.2. The highest BCUT2D eigenvalue weighted by Crippen LogP contribution is 2.16. The largest absolute Gasteiger partial charge is 0.299 e. The summed E-state index contributed by atoms with van der Waals surface area (Å²) < 4.78 is 46.8. The topological polar surface area (TPSA) is 88.6 Å². The Hall–Kier alpha value is -0.470. The van der Waals surface area contributed by atoms with Crippen LogP contribution >= 0.6 is 0 Å². The van der Waals surface area contributed by atoms with E-state index in [0.717, 1.165) is 6.26 Å². The Morgan fingerprint density at radius 1 is 1.24 bits per heavy atom. The minimum Gasteiger partial charge on any atom is -0.299 e. The molecular weight excluding hydrogens is 266 g/mol. The number of sulfone groups is 1. The van der Waals surface area contributed by atoms with Crippen molar-refractivity contribution < 1.29 is 21.6 Å². The summed E-state index contributed by atoms with van der Waals surface area (Å²) in [5, 5.41) is 0. The Kier molecular flexibility index (Phi) is 4.32. The maximum atomic E-state index is 11.8. The van der Waals surface area contributed by atoms with Crippen molar-refractivity contribution in [2.24, 2.45) is 5.92 Å². The molecule has 0 radical (unpaired) electrons. The summed E-state index contributed by atoms with van der Waals surface area (Å²) in [7, 11) is -6.86. The maximum absolute atomic E-state index is 11.8. The molecule has 100 valence electrons. The number of hydrogen-bond acceptors (Lipinski definition) is 5. The zero-order valence-electron chi connectivity index (χ0n) is 9.92. The predicted molar refractivity (Wildman–Crippen MR) is 63.9 cm³/mol. The minimum absolute atomic E-state index is 0.0552. The van der Waals surface area contributed by atoms with Crippen LogP contribution in [0, 0.1) is 5.92 Å². The Bertz CT molecular complexity index is 493. The van der Waals surface area contributed by atoms with E-state index < -0.39 is 25.6 Å². The van der Waals surface area contributed by atoms with Gasteiger partial charge in [0.15, 0.2) is 0 Å². The van der Waals surface area contributed by atoms with Crippen molar-refractivity contribution in [1.82, 2.24) is 4.31 Å². The first-order chi connectivity index (χ1) is 7.62. The Balaban J connectivity index is 2.69. The van der Waals surface area contributed by atoms with Crippen molar-refractivity contribution in [2.75, 3.05) is 30.9 Å². The summed E-state index contributed by atoms with van der Waals surface area (Å²) in [4.78, 5) is 11.3. The molecular formula is C9H17NO5S2. The number of carbonyl (C=O) groups excluding carboxylic acids is 1. The van der Waals surface area contributed by atoms with Crippen molar-refractivity contribution in [2.45, 2.75) is 13.3 Å². The first kappa shape index (κ1) is 14.6. The predicted octanol–water partition coefficient (Wildman–Crippen LogP) is -0.728. The van der Waals surface area contributed by atoms with E-state index in [2.05, 4.69) is 0 Å². The normalized spacial score (nSPS) is 23.9. The van der Waals surface area contributed by atoms with Gasteiger partial charge in [0.25, 0.3) is 0 Å². The summed E-state index contributed by atoms with van der Waals surface area (Å²) >= 11 is 0. The van der Waals surface area contributed by atoms with Gasteiger partial charge >= 0.3 is 0 Å². The lowest BCUT2D eigenvalue weighted by molar-refractivity contribution is -0.124. The summed E-state index contributed by atoms with van der Waals surface area (Å²) in [5.74, 6) is -1.04. The number of piperidine rings is 1. The number of sulfonamides is 1. The summed E-state index contributed by atoms with van der Waals surface area (Å²) in [6.45, 7) is 2.00. The minimum atomic E-state index is -3.57. The molecule has 0 saturated carbocycles. The molecule has 0 amide bonds. The second kappa shape index (κ2) is 5.03. The lowest BCUT2D eigenvalue weighted by atomic mass is 10.0. The molecule has 0 spiro atoms. The molecule has 0 aromatic rings. The second-order valence-corrected chi connectivity index (χ2v) is 8.77. The second-order valence-electron chi connectivity index (χ2n) is 4.42. The highest BCUT2D eigenvalue weighted by molar-refractivity contribution is 7.93. The standard InChI is InChI=1S/C9H17NO5S2/c1-8-7-10(4-3-9(8)11)17(14,15)6-5-16(2,12)13/h8H,3-7H2,1-2H3. The van der Waals surface area contributed by atoms with Gasteiger partial charge in [-0.2, -0.15) is 0 Å². The van der Waals surface area contributed by atoms with Gasteiger partial charge in [0, 0.05) is 31.7 Å². The van der Waals surface area contributed by atoms with E-state index in [-0.39, 0.29) is 37.0 Å². The third kappa shape index (κ3) is 4.36. The molecule has 1 heterocycles. The van der Waals surface area contributed by atoms with Crippen LogP contribution in [0.25, 0.3) is 0 Å². The number of nitrogens with zero attached hydrogens (tertiary/aromatic N) is 1. The van der Waals surface area contributed by atoms with Crippen molar-refractivity contribution in [3.63, 3.8) is 0 Å². The average Bonchev–Trinajstić information content (AvgIpc) is 2.18. The molecule has 0 aliphatic carbocycles. The lowest BCUT2D eigenvalue weighted by Crippen LogP contribution is -2.44. The number of hydrogen-bond donors (Lipinski definition) is 0. The first-order valence-electron chi connectivity index (χ1n) is 5.30. The Morgan fingerprint density at radius 2 is 1.82 bits per heavy atom. The van der Waals surface area contributed by atoms with E-state index >= 15 is 0 Å². The average molecular weight is 283 g/mol. The van der Waals surface area contributed by atoms with Crippen LogP contribution in [0.3, 0.4) is 0 Å². The fourth-order valence-electron chi connectivity index (χ4n) is 1.62. The molecule has 1 rings (SSSR count). The van der Waals surface area contributed by atoms with Crippen molar-refractivity contribution in [1.29, 1.82) is 0 Å². The van der Waals surface area contributed by atoms with E-state index in [4.69, 9.17) is 0 Å². The molecule has 1 unspecified atom stereocenters. The van der Waals surface area contributed by atoms with Crippen LogP contribution in [0.1, 0.15) is 13.3 Å². The van der Waals surface area contributed by atoms with Crippen LogP contribution in [0.5, 0.6) is 0 Å². The number of carbonyl (C=O) groups is 1. The lowest BCUT2D eigenvalue weighted by Gasteiger charge is -2.29. The van der Waals surface area contributed by atoms with Gasteiger partial charge in [0.1, 0.15) is 15.6 Å². The molecule has 8 heteroatoms. The molecule has 17 heavy (non-hydrogen) atoms. The molecule has 0 aromatic carbocycles. The van der Waals surface area contributed by atoms with Gasteiger partial charge in [-0.15, -0.1) is 0 Å². The first-order valence-corrected chi connectivity index (χ1v) is 8.97. The van der Waals surface area contributed by atoms with Crippen LogP contribution < -0.4 is 0 Å². The fourth-order valence-corrected chi connectivity index (χ4v) is 4.75. The van der Waals surface area contributed by atoms with E-state index in [1.54, 1.807) is 6.92 Å². The van der Waals surface area contributed by atoms with Crippen LogP contribution in [0.2, 0.25) is 0 Å². The van der Waals surface area contributed by atoms with Gasteiger partial charge in [-0.3, -0.25) is 4.79 Å². The SMILES string of the molecule is CC1CN(S(=O)(=O)CCS(C)(=O)=O)CCC1=O. The molecule has 0 bridgehead atoms. The monoisotopic (exact) mass is 283 g/mol. The third-order valence-corrected chi connectivity index (χ3v) is 5.78. The molecule has 0 aromatic heterocycles. The molecule has 0 N–H and O–H groups in total. The fraction of sp³-hybridized carbons (Fsp3) is 0.889. The Labute approximate surface area is 102 Å². The van der Waals surface area contributed by atoms with E-state index in [9.17, 15) is 21.6 Å². The van der Waals surface area contributed by atoms with E-state index in [1.165, 1.54) is 4.31 Å². The van der Waals surface area contributed by atoms with Gasteiger partial charge in [0.2, 0.25) is 10.0 Å². The van der Waals surface area contributed by atoms with Gasteiger partial charge in [-0.1, -0.05) is 6.92 Å². The summed E-state index contributed by atoms with van der Waals surface area (Å²) in [6.07, 6.45) is 1.21. The Morgan fingerprint density at radius 3 is 2.29 bits per heavy atom. The van der Waals surface area contributed by atoms with Crippen LogP contribution in [-0.4, -0.2) is 57.8 Å². The van der Waals surface area contributed by atoms with Gasteiger partial charge in [0.05, 0.1) is 11.5 Å². The summed E-state index contributed by atoms with van der Waals surface area (Å²) in [5.41, 5.74) is 0. The van der Waals surface area contributed by atoms with E-state index in [0.29, 0.717) is 0 Å². The van der Waals surface area contributed by atoms with Crippen LogP contribution in [0.15, 0.2) is 0 Å². The molecule has 1 atom stereocenters. The summed E-state index contributed by atoms with van der Waals surface area (Å²) in [6, 6.07) is 0. The van der Waals surface area contributed by atoms with E-state index in [1.807, 2.05) is 0 Å². The molecule has 1 aliphatic rings. The molecule has 6 nitrogen and oxygen atoms in total. The van der Waals surface area contributed by atoms with Gasteiger partial charge < -0.3 is 0 Å². The van der Waals surface area contributed by atoms with Crippen molar-refractivity contribution in [3.8, 4) is 0 Å². The van der Waals surface area contributed by atoms with Crippen LogP contribution in [-0.2, 0) is 24.7 Å². The quantitative estimate of drug-likeness (QED) is 0.679. The van der Waals surface area contributed by atoms with Crippen molar-refractivity contribution >= 4 is 25.6 Å². The number of Topliss-reactive ketones (excluding diaryl/α,β-unsaturated/α-hetero) is 1. The van der Waals surface area contributed by atoms with Crippen molar-refractivity contribution in [3.05, 3.63) is 0 Å². The number of rotatable bonds is 4.